The Kier molecular flexibility index (Phi) is 1.97. The first-order valence-electron chi connectivity index (χ1n) is 2.96. The molecule has 0 bridgehead atoms. The van der Waals surface area contributed by atoms with Gasteiger partial charge in [-0.25, -0.2) is 0 Å². The molecule has 4 heteroatoms. The minimum atomic E-state index is 0.336. The van der Waals surface area contributed by atoms with E-state index in [1.54, 1.807) is 6.92 Å². The summed E-state index contributed by atoms with van der Waals surface area (Å²) in [6.45, 7) is 1.66. The third kappa shape index (κ3) is 1.41. The first kappa shape index (κ1) is 7.83. The zero-order valence-corrected chi connectivity index (χ0v) is 6.63. The number of rotatable bonds is 0. The molecule has 0 atom stereocenters. The number of hydrogen-bond acceptors (Lipinski definition) is 2. The Morgan fingerprint density at radius 3 is 2.82 bits per heavy atom. The van der Waals surface area contributed by atoms with Gasteiger partial charge in [-0.1, -0.05) is 11.6 Å². The Labute approximate surface area is 69.0 Å². The third-order valence-corrected chi connectivity index (χ3v) is 1.74. The Bertz CT molecular complexity index is 307. The van der Waals surface area contributed by atoms with Gasteiger partial charge in [0.2, 0.25) is 11.9 Å². The second-order valence-corrected chi connectivity index (χ2v) is 2.53. The van der Waals surface area contributed by atoms with Gasteiger partial charge in [-0.05, 0) is 6.07 Å². The molecule has 1 rings (SSSR count). The molecule has 11 heavy (non-hydrogen) atoms. The van der Waals surface area contributed by atoms with E-state index in [1.165, 1.54) is 12.3 Å². The van der Waals surface area contributed by atoms with Crippen molar-refractivity contribution in [2.24, 2.45) is 0 Å². The summed E-state index contributed by atoms with van der Waals surface area (Å²) in [5.41, 5.74) is 0.855. The van der Waals surface area contributed by atoms with E-state index in [-0.39, 0.29) is 0 Å². The highest BCUT2D eigenvalue weighted by atomic mass is 35.5. The maximum absolute atomic E-state index is 9.09. The minimum Gasteiger partial charge on any atom is -0.285 e. The van der Waals surface area contributed by atoms with E-state index in [2.05, 4.69) is 0 Å². The molecule has 0 aromatic carbocycles. The lowest BCUT2D eigenvalue weighted by molar-refractivity contribution is -0.908. The molecule has 0 amide bonds. The van der Waals surface area contributed by atoms with Gasteiger partial charge >= 0.3 is 0 Å². The number of nitrogens with zero attached hydrogens (tertiary/aromatic N) is 2. The molecule has 1 heterocycles. The molecule has 0 radical (unpaired) electrons. The molecule has 0 saturated heterocycles. The zero-order valence-electron chi connectivity index (χ0n) is 5.87. The van der Waals surface area contributed by atoms with Crippen molar-refractivity contribution in [2.45, 2.75) is 6.92 Å². The Balaban J connectivity index is 3.35. The van der Waals surface area contributed by atoms with Gasteiger partial charge < -0.3 is 0 Å². The van der Waals surface area contributed by atoms with Crippen molar-refractivity contribution < 1.29 is 9.94 Å². The molecule has 0 spiro atoms. The molecule has 0 aliphatic carbocycles. The van der Waals surface area contributed by atoms with Gasteiger partial charge in [0.05, 0.1) is 0 Å². The summed E-state index contributed by atoms with van der Waals surface area (Å²) in [6, 6.07) is 3.37. The SMILES string of the molecule is Cc1c(Cl)cc(C#N)c[n+]1O. The highest BCUT2D eigenvalue weighted by molar-refractivity contribution is 6.31. The van der Waals surface area contributed by atoms with E-state index < -0.39 is 0 Å². The number of pyridine rings is 1. The first-order valence-corrected chi connectivity index (χ1v) is 3.34. The standard InChI is InChI=1S/C7H6ClN2O/c1-5-7(8)2-6(3-9)4-10(5)11/h2,4,11H,1H3/q+1. The Morgan fingerprint density at radius 1 is 1.73 bits per heavy atom. The van der Waals surface area contributed by atoms with Crippen molar-refractivity contribution in [1.29, 1.82) is 5.26 Å². The zero-order chi connectivity index (χ0) is 8.43. The van der Waals surface area contributed by atoms with Crippen molar-refractivity contribution in [1.82, 2.24) is 0 Å². The van der Waals surface area contributed by atoms with Crippen molar-refractivity contribution in [3.8, 4) is 6.07 Å². The molecule has 1 aromatic heterocycles. The summed E-state index contributed by atoms with van der Waals surface area (Å²) < 4.78 is 0.834. The maximum atomic E-state index is 9.09. The summed E-state index contributed by atoms with van der Waals surface area (Å²) in [5.74, 6) is 0. The quantitative estimate of drug-likeness (QED) is 0.466. The maximum Gasteiger partial charge on any atom is 0.249 e. The molecule has 3 nitrogen and oxygen atoms in total. The molecule has 56 valence electrons. The van der Waals surface area contributed by atoms with Gasteiger partial charge in [0.25, 0.3) is 0 Å². The van der Waals surface area contributed by atoms with Crippen LogP contribution in [0.3, 0.4) is 0 Å². The predicted octanol–water partition coefficient (Wildman–Crippen LogP) is 1.04. The monoisotopic (exact) mass is 169 g/mol. The van der Waals surface area contributed by atoms with Crippen LogP contribution in [0.5, 0.6) is 0 Å². The number of aromatic nitrogens is 1. The van der Waals surface area contributed by atoms with Crippen LogP contribution in [0.4, 0.5) is 0 Å². The van der Waals surface area contributed by atoms with E-state index in [4.69, 9.17) is 22.1 Å². The van der Waals surface area contributed by atoms with Crippen LogP contribution < -0.4 is 4.73 Å². The van der Waals surface area contributed by atoms with E-state index in [1.807, 2.05) is 6.07 Å². The van der Waals surface area contributed by atoms with E-state index in [9.17, 15) is 0 Å². The molecule has 0 unspecified atom stereocenters. The molecule has 0 aliphatic heterocycles. The average Bonchev–Trinajstić information content (AvgIpc) is 1.99. The van der Waals surface area contributed by atoms with Crippen molar-refractivity contribution in [3.63, 3.8) is 0 Å². The molecule has 1 N–H and O–H groups in total. The van der Waals surface area contributed by atoms with Crippen molar-refractivity contribution in [2.75, 3.05) is 0 Å². The van der Waals surface area contributed by atoms with Gasteiger partial charge in [0.1, 0.15) is 16.7 Å². The summed E-state index contributed by atoms with van der Waals surface area (Å²) in [5, 5.41) is 17.9. The molecule has 1 aromatic rings. The Hall–Kier alpha value is -1.27. The van der Waals surface area contributed by atoms with Crippen LogP contribution in [-0.2, 0) is 0 Å². The molecule has 0 saturated carbocycles. The predicted molar refractivity (Wildman–Crippen MR) is 38.3 cm³/mol. The van der Waals surface area contributed by atoms with Crippen molar-refractivity contribution >= 4 is 11.6 Å². The first-order chi connectivity index (χ1) is 5.15. The fourth-order valence-electron chi connectivity index (χ4n) is 0.677. The van der Waals surface area contributed by atoms with Crippen molar-refractivity contribution in [3.05, 3.63) is 28.5 Å². The third-order valence-electron chi connectivity index (χ3n) is 1.36. The molecular weight excluding hydrogens is 164 g/mol. The summed E-state index contributed by atoms with van der Waals surface area (Å²) in [7, 11) is 0. The highest BCUT2D eigenvalue weighted by Gasteiger charge is 2.11. The van der Waals surface area contributed by atoms with Gasteiger partial charge in [0, 0.05) is 11.7 Å². The summed E-state index contributed by atoms with van der Waals surface area (Å²) >= 11 is 5.67. The summed E-state index contributed by atoms with van der Waals surface area (Å²) in [4.78, 5) is 0. The molecular formula is C7H6ClN2O+. The van der Waals surface area contributed by atoms with Crippen LogP contribution in [0.1, 0.15) is 11.3 Å². The second kappa shape index (κ2) is 2.77. The van der Waals surface area contributed by atoms with Gasteiger partial charge in [-0.2, -0.15) is 5.26 Å². The number of hydrogen-bond donors (Lipinski definition) is 1. The topological polar surface area (TPSA) is 47.9 Å². The Morgan fingerprint density at radius 2 is 2.36 bits per heavy atom. The van der Waals surface area contributed by atoms with Gasteiger partial charge in [-0.3, -0.25) is 5.21 Å². The van der Waals surface area contributed by atoms with Gasteiger partial charge in [-0.15, -0.1) is 0 Å². The van der Waals surface area contributed by atoms with Crippen LogP contribution in [0.25, 0.3) is 0 Å². The lowest BCUT2D eigenvalue weighted by Crippen LogP contribution is -2.33. The lowest BCUT2D eigenvalue weighted by atomic mass is 10.3. The molecule has 0 aliphatic rings. The lowest BCUT2D eigenvalue weighted by Gasteiger charge is -1.92. The smallest absolute Gasteiger partial charge is 0.249 e. The van der Waals surface area contributed by atoms with Crippen LogP contribution in [0.15, 0.2) is 12.3 Å². The fraction of sp³-hybridized carbons (Fsp3) is 0.143. The summed E-state index contributed by atoms with van der Waals surface area (Å²) in [6.07, 6.45) is 1.31. The van der Waals surface area contributed by atoms with E-state index in [0.717, 1.165) is 4.73 Å². The molecule has 0 fully saturated rings. The van der Waals surface area contributed by atoms with E-state index in [0.29, 0.717) is 16.3 Å². The van der Waals surface area contributed by atoms with Crippen LogP contribution in [0, 0.1) is 18.3 Å². The van der Waals surface area contributed by atoms with E-state index >= 15 is 0 Å². The highest BCUT2D eigenvalue weighted by Crippen LogP contribution is 2.11. The largest absolute Gasteiger partial charge is 0.285 e. The van der Waals surface area contributed by atoms with Crippen LogP contribution in [0.2, 0.25) is 5.02 Å². The normalized spacial score (nSPS) is 9.18. The number of halogens is 1. The van der Waals surface area contributed by atoms with Gasteiger partial charge in [0.15, 0.2) is 0 Å². The van der Waals surface area contributed by atoms with Crippen LogP contribution >= 0.6 is 11.6 Å². The number of nitriles is 1. The fourth-order valence-corrected chi connectivity index (χ4v) is 0.882. The average molecular weight is 170 g/mol. The van der Waals surface area contributed by atoms with Crippen LogP contribution in [-0.4, -0.2) is 5.21 Å². The minimum absolute atomic E-state index is 0.336. The second-order valence-electron chi connectivity index (χ2n) is 2.12.